The highest BCUT2D eigenvalue weighted by atomic mass is 79.9. The number of ether oxygens (including phenoxy) is 1. The summed E-state index contributed by atoms with van der Waals surface area (Å²) in [5.74, 6) is 1.46. The lowest BCUT2D eigenvalue weighted by Gasteiger charge is -2.14. The quantitative estimate of drug-likeness (QED) is 0.513. The molecular weight excluding hydrogens is 412 g/mol. The molecule has 0 atom stereocenters. The third kappa shape index (κ3) is 2.97. The molecule has 0 radical (unpaired) electrons. The van der Waals surface area contributed by atoms with E-state index in [0.29, 0.717) is 5.75 Å². The van der Waals surface area contributed by atoms with Gasteiger partial charge in [-0.3, -0.25) is 15.5 Å². The van der Waals surface area contributed by atoms with Gasteiger partial charge < -0.3 is 4.74 Å². The minimum Gasteiger partial charge on any atom is -0.496 e. The maximum Gasteiger partial charge on any atom is 0.269 e. The minimum absolute atomic E-state index is 0.0487. The number of hydrogen-bond acceptors (Lipinski definition) is 5. The second-order valence-corrected chi connectivity index (χ2v) is 6.96. The van der Waals surface area contributed by atoms with E-state index in [-0.39, 0.29) is 5.69 Å². The summed E-state index contributed by atoms with van der Waals surface area (Å²) in [6, 6.07) is 10.4. The standard InChI is InChI=1S/C19H15BrN4O3/c1-11-10-21-18-8-13-7-16(20)17(27-2)9-15(13)19(22-23(11)18)12-3-5-14(6-4-12)24(25)26/h3-10,22H,1-2H3. The monoisotopic (exact) mass is 426 g/mol. The van der Waals surface area contributed by atoms with E-state index in [0.717, 1.165) is 37.7 Å². The van der Waals surface area contributed by atoms with Crippen LogP contribution in [0.2, 0.25) is 0 Å². The number of rotatable bonds is 3. The van der Waals surface area contributed by atoms with E-state index in [2.05, 4.69) is 26.3 Å². The first-order valence-corrected chi connectivity index (χ1v) is 8.93. The summed E-state index contributed by atoms with van der Waals surface area (Å²) < 4.78 is 8.17. The number of nitrogens with zero attached hydrogens (tertiary/aromatic N) is 3. The Hall–Kier alpha value is -3.13. The molecule has 27 heavy (non-hydrogen) atoms. The van der Waals surface area contributed by atoms with E-state index in [9.17, 15) is 10.1 Å². The average Bonchev–Trinajstić information content (AvgIpc) is 2.91. The van der Waals surface area contributed by atoms with E-state index >= 15 is 0 Å². The van der Waals surface area contributed by atoms with Gasteiger partial charge in [-0.2, -0.15) is 0 Å². The number of nitrogens with one attached hydrogen (secondary N) is 1. The van der Waals surface area contributed by atoms with Crippen LogP contribution in [0.25, 0.3) is 11.8 Å². The average molecular weight is 427 g/mol. The molecule has 0 bridgehead atoms. The lowest BCUT2D eigenvalue weighted by Crippen LogP contribution is -2.30. The number of halogens is 1. The van der Waals surface area contributed by atoms with Crippen LogP contribution in [0.15, 0.2) is 47.1 Å². The van der Waals surface area contributed by atoms with Gasteiger partial charge in [0.1, 0.15) is 5.75 Å². The van der Waals surface area contributed by atoms with Crippen molar-refractivity contribution in [2.24, 2.45) is 0 Å². The summed E-state index contributed by atoms with van der Waals surface area (Å²) in [6.45, 7) is 1.96. The van der Waals surface area contributed by atoms with Gasteiger partial charge >= 0.3 is 0 Å². The predicted octanol–water partition coefficient (Wildman–Crippen LogP) is 2.41. The Kier molecular flexibility index (Phi) is 4.19. The number of imidazole rings is 1. The molecular formula is C19H15BrN4O3. The number of nitro groups is 1. The van der Waals surface area contributed by atoms with Gasteiger partial charge in [-0.25, -0.2) is 9.66 Å². The first kappa shape index (κ1) is 17.3. The van der Waals surface area contributed by atoms with Crippen molar-refractivity contribution in [3.05, 3.63) is 84.7 Å². The van der Waals surface area contributed by atoms with Crippen LogP contribution in [0.4, 0.5) is 5.69 Å². The first-order valence-electron chi connectivity index (χ1n) is 8.13. The lowest BCUT2D eigenvalue weighted by atomic mass is 10.1. The molecule has 0 fully saturated rings. The molecule has 0 unspecified atom stereocenters. The molecule has 0 spiro atoms. The van der Waals surface area contributed by atoms with Crippen LogP contribution >= 0.6 is 15.9 Å². The van der Waals surface area contributed by atoms with E-state index in [1.54, 1.807) is 25.4 Å². The van der Waals surface area contributed by atoms with Crippen LogP contribution in [-0.4, -0.2) is 21.7 Å². The highest BCUT2D eigenvalue weighted by Crippen LogP contribution is 2.23. The molecule has 3 aromatic rings. The van der Waals surface area contributed by atoms with Gasteiger partial charge in [0.15, 0.2) is 5.82 Å². The lowest BCUT2D eigenvalue weighted by molar-refractivity contribution is -0.384. The van der Waals surface area contributed by atoms with Gasteiger partial charge in [0, 0.05) is 22.9 Å². The van der Waals surface area contributed by atoms with Crippen molar-refractivity contribution in [1.82, 2.24) is 9.66 Å². The molecule has 0 amide bonds. The molecule has 7 nitrogen and oxygen atoms in total. The van der Waals surface area contributed by atoms with Gasteiger partial charge in [0.2, 0.25) is 0 Å². The number of methoxy groups -OCH3 is 1. The molecule has 136 valence electrons. The molecule has 1 aliphatic rings. The van der Waals surface area contributed by atoms with Gasteiger partial charge in [-0.1, -0.05) is 0 Å². The molecule has 0 saturated carbocycles. The van der Waals surface area contributed by atoms with Crippen molar-refractivity contribution in [2.45, 2.75) is 6.92 Å². The maximum atomic E-state index is 11.0. The fourth-order valence-electron chi connectivity index (χ4n) is 3.05. The molecule has 1 N–H and O–H groups in total. The number of non-ortho nitro benzene ring substituents is 1. The first-order chi connectivity index (χ1) is 13.0. The van der Waals surface area contributed by atoms with Crippen molar-refractivity contribution in [3.63, 3.8) is 0 Å². The fourth-order valence-corrected chi connectivity index (χ4v) is 3.57. The Morgan fingerprint density at radius 3 is 2.67 bits per heavy atom. The Labute approximate surface area is 162 Å². The summed E-state index contributed by atoms with van der Waals surface area (Å²) in [5.41, 5.74) is 6.02. The van der Waals surface area contributed by atoms with E-state index in [1.807, 2.05) is 29.8 Å². The van der Waals surface area contributed by atoms with Crippen molar-refractivity contribution in [2.75, 3.05) is 12.5 Å². The molecule has 0 aliphatic carbocycles. The third-order valence-corrected chi connectivity index (χ3v) is 5.05. The second kappa shape index (κ2) is 6.55. The van der Waals surface area contributed by atoms with Gasteiger partial charge in [0.05, 0.1) is 34.1 Å². The van der Waals surface area contributed by atoms with Crippen LogP contribution in [0.5, 0.6) is 5.75 Å². The van der Waals surface area contributed by atoms with Gasteiger partial charge in [0.25, 0.3) is 5.69 Å². The Bertz CT molecular complexity index is 1180. The SMILES string of the molecule is COc1cc2c(cc1Br)=Cc1ncc(C)n1NC=2c1ccc([N+](=O)[O-])cc1. The zero-order chi connectivity index (χ0) is 19.1. The predicted molar refractivity (Wildman–Crippen MR) is 105 cm³/mol. The highest BCUT2D eigenvalue weighted by Gasteiger charge is 2.15. The largest absolute Gasteiger partial charge is 0.496 e. The summed E-state index contributed by atoms with van der Waals surface area (Å²) in [6.07, 6.45) is 3.77. The Balaban J connectivity index is 2.03. The van der Waals surface area contributed by atoms with Gasteiger partial charge in [-0.05, 0) is 58.4 Å². The van der Waals surface area contributed by atoms with Crippen molar-refractivity contribution >= 4 is 33.4 Å². The number of benzene rings is 2. The van der Waals surface area contributed by atoms with E-state index in [1.165, 1.54) is 12.1 Å². The van der Waals surface area contributed by atoms with Crippen molar-refractivity contribution < 1.29 is 9.66 Å². The number of hydrogen-bond donors (Lipinski definition) is 1. The van der Waals surface area contributed by atoms with Crippen LogP contribution in [-0.2, 0) is 0 Å². The summed E-state index contributed by atoms with van der Waals surface area (Å²) in [7, 11) is 1.61. The molecule has 1 aromatic heterocycles. The summed E-state index contributed by atoms with van der Waals surface area (Å²) >= 11 is 3.53. The van der Waals surface area contributed by atoms with Gasteiger partial charge in [-0.15, -0.1) is 0 Å². The van der Waals surface area contributed by atoms with Crippen molar-refractivity contribution in [1.29, 1.82) is 0 Å². The zero-order valence-electron chi connectivity index (χ0n) is 14.6. The molecule has 2 aromatic carbocycles. The zero-order valence-corrected chi connectivity index (χ0v) is 16.1. The molecule has 2 heterocycles. The smallest absolute Gasteiger partial charge is 0.269 e. The number of aryl methyl sites for hydroxylation is 1. The molecule has 0 saturated heterocycles. The topological polar surface area (TPSA) is 82.2 Å². The number of fused-ring (bicyclic) bond motifs is 2. The van der Waals surface area contributed by atoms with Crippen LogP contribution in [0.3, 0.4) is 0 Å². The molecule has 8 heteroatoms. The van der Waals surface area contributed by atoms with Crippen LogP contribution < -0.4 is 20.6 Å². The Morgan fingerprint density at radius 1 is 1.26 bits per heavy atom. The Morgan fingerprint density at radius 2 is 2.00 bits per heavy atom. The second-order valence-electron chi connectivity index (χ2n) is 6.10. The fraction of sp³-hybridized carbons (Fsp3) is 0.105. The normalized spacial score (nSPS) is 12.3. The summed E-state index contributed by atoms with van der Waals surface area (Å²) in [5, 5.41) is 12.8. The van der Waals surface area contributed by atoms with Crippen LogP contribution in [0, 0.1) is 17.0 Å². The van der Waals surface area contributed by atoms with Crippen molar-refractivity contribution in [3.8, 4) is 5.75 Å². The van der Waals surface area contributed by atoms with E-state index in [4.69, 9.17) is 4.74 Å². The molecule has 4 rings (SSSR count). The van der Waals surface area contributed by atoms with Crippen LogP contribution in [0.1, 0.15) is 17.1 Å². The highest BCUT2D eigenvalue weighted by molar-refractivity contribution is 9.10. The number of aromatic nitrogens is 2. The minimum atomic E-state index is -0.408. The summed E-state index contributed by atoms with van der Waals surface area (Å²) in [4.78, 5) is 15.0. The van der Waals surface area contributed by atoms with E-state index < -0.39 is 4.92 Å². The maximum absolute atomic E-state index is 11.0. The molecule has 1 aliphatic heterocycles. The number of nitro benzene ring substituents is 1. The third-order valence-electron chi connectivity index (χ3n) is 4.43.